The highest BCUT2D eigenvalue weighted by molar-refractivity contribution is 6.34. The van der Waals surface area contributed by atoms with Gasteiger partial charge in [-0.05, 0) is 68.7 Å². The topological polar surface area (TPSA) is 73.5 Å². The highest BCUT2D eigenvalue weighted by atomic mass is 35.5. The van der Waals surface area contributed by atoms with Crippen LogP contribution in [-0.2, 0) is 9.59 Å². The lowest BCUT2D eigenvalue weighted by Gasteiger charge is -2.28. The molecule has 0 bridgehead atoms. The van der Waals surface area contributed by atoms with Gasteiger partial charge in [-0.2, -0.15) is 0 Å². The van der Waals surface area contributed by atoms with Gasteiger partial charge >= 0.3 is 0 Å². The predicted octanol–water partition coefficient (Wildman–Crippen LogP) is 4.73. The number of nitrogens with one attached hydrogen (secondary N) is 3. The maximum atomic E-state index is 12.5. The third-order valence-electron chi connectivity index (χ3n) is 4.91. The molecule has 1 aliphatic rings. The number of carbonyl (C=O) groups excluding carboxylic acids is 2. The van der Waals surface area contributed by atoms with Gasteiger partial charge in [-0.25, -0.2) is 0 Å². The number of halogens is 1. The first-order valence-corrected chi connectivity index (χ1v) is 10.3. The number of hydrogen-bond acceptors (Lipinski definition) is 4. The number of rotatable bonds is 6. The summed E-state index contributed by atoms with van der Waals surface area (Å²) in [5.41, 5.74) is 3.20. The molecule has 7 heteroatoms. The van der Waals surface area contributed by atoms with Crippen molar-refractivity contribution in [1.29, 1.82) is 0 Å². The molecule has 154 valence electrons. The van der Waals surface area contributed by atoms with Crippen molar-refractivity contribution in [1.82, 2.24) is 0 Å². The molecule has 29 heavy (non-hydrogen) atoms. The van der Waals surface area contributed by atoms with Crippen LogP contribution in [0.25, 0.3) is 0 Å². The van der Waals surface area contributed by atoms with Crippen molar-refractivity contribution in [2.24, 2.45) is 0 Å². The molecule has 6 nitrogen and oxygen atoms in total. The monoisotopic (exact) mass is 414 g/mol. The zero-order valence-electron chi connectivity index (χ0n) is 16.8. The molecular formula is C22H27ClN4O2. The average Bonchev–Trinajstić information content (AvgIpc) is 2.71. The van der Waals surface area contributed by atoms with Crippen LogP contribution >= 0.6 is 11.6 Å². The molecule has 0 saturated carbocycles. The highest BCUT2D eigenvalue weighted by Crippen LogP contribution is 2.26. The van der Waals surface area contributed by atoms with Gasteiger partial charge in [-0.3, -0.25) is 9.59 Å². The Bertz CT molecular complexity index is 864. The quantitative estimate of drug-likeness (QED) is 0.639. The van der Waals surface area contributed by atoms with Gasteiger partial charge < -0.3 is 20.9 Å². The summed E-state index contributed by atoms with van der Waals surface area (Å²) in [5, 5.41) is 9.13. The summed E-state index contributed by atoms with van der Waals surface area (Å²) in [7, 11) is 0. The molecule has 3 N–H and O–H groups in total. The van der Waals surface area contributed by atoms with Gasteiger partial charge in [0, 0.05) is 37.1 Å². The molecule has 2 aromatic rings. The van der Waals surface area contributed by atoms with Gasteiger partial charge in [0.25, 0.3) is 0 Å². The molecule has 1 heterocycles. The number of anilines is 4. The van der Waals surface area contributed by atoms with Crippen LogP contribution in [-0.4, -0.2) is 30.9 Å². The fourth-order valence-electron chi connectivity index (χ4n) is 3.37. The fraction of sp³-hybridized carbons (Fsp3) is 0.364. The van der Waals surface area contributed by atoms with Crippen LogP contribution < -0.4 is 20.9 Å². The Hall–Kier alpha value is -2.73. The molecule has 1 saturated heterocycles. The average molecular weight is 415 g/mol. The van der Waals surface area contributed by atoms with Crippen molar-refractivity contribution in [3.8, 4) is 0 Å². The maximum absolute atomic E-state index is 12.5. The van der Waals surface area contributed by atoms with E-state index in [9.17, 15) is 9.59 Å². The molecule has 0 radical (unpaired) electrons. The Labute approximate surface area is 176 Å². The number of hydrogen-bond donors (Lipinski definition) is 3. The van der Waals surface area contributed by atoms with Crippen molar-refractivity contribution in [3.63, 3.8) is 0 Å². The number of nitrogens with zero attached hydrogens (tertiary/aromatic N) is 1. The molecule has 1 aliphatic heterocycles. The van der Waals surface area contributed by atoms with E-state index in [1.165, 1.54) is 31.9 Å². The van der Waals surface area contributed by atoms with Gasteiger partial charge in [-0.1, -0.05) is 11.6 Å². The summed E-state index contributed by atoms with van der Waals surface area (Å²) in [6, 6.07) is 12.7. The molecule has 0 spiro atoms. The van der Waals surface area contributed by atoms with Crippen molar-refractivity contribution in [2.75, 3.05) is 33.9 Å². The van der Waals surface area contributed by atoms with E-state index in [1.54, 1.807) is 25.1 Å². The molecule has 3 rings (SSSR count). The molecule has 1 fully saturated rings. The number of carbonyl (C=O) groups is 2. The van der Waals surface area contributed by atoms with Crippen molar-refractivity contribution in [3.05, 3.63) is 47.5 Å². The number of amides is 2. The largest absolute Gasteiger partial charge is 0.374 e. The third kappa shape index (κ3) is 5.87. The minimum atomic E-state index is -0.459. The summed E-state index contributed by atoms with van der Waals surface area (Å²) in [6.07, 6.45) is 3.77. The van der Waals surface area contributed by atoms with Crippen LogP contribution in [0, 0.1) is 0 Å². The molecule has 0 aliphatic carbocycles. The number of benzene rings is 2. The molecule has 2 amide bonds. The van der Waals surface area contributed by atoms with Gasteiger partial charge in [0.1, 0.15) is 6.04 Å². The molecule has 1 unspecified atom stereocenters. The Morgan fingerprint density at radius 1 is 0.966 bits per heavy atom. The predicted molar refractivity (Wildman–Crippen MR) is 120 cm³/mol. The zero-order valence-corrected chi connectivity index (χ0v) is 17.6. The first kappa shape index (κ1) is 21.0. The van der Waals surface area contributed by atoms with E-state index in [0.29, 0.717) is 16.4 Å². The van der Waals surface area contributed by atoms with Crippen molar-refractivity contribution >= 4 is 46.2 Å². The SMILES string of the molecule is CC(=O)Nc1ccc(NC(C)C(=O)Nc2ccc(N3CCCCC3)cc2)cc1Cl. The lowest BCUT2D eigenvalue weighted by atomic mass is 10.1. The van der Waals surface area contributed by atoms with Crippen molar-refractivity contribution < 1.29 is 9.59 Å². The Morgan fingerprint density at radius 2 is 1.62 bits per heavy atom. The van der Waals surface area contributed by atoms with E-state index >= 15 is 0 Å². The summed E-state index contributed by atoms with van der Waals surface area (Å²) in [5.74, 6) is -0.329. The van der Waals surface area contributed by atoms with E-state index in [0.717, 1.165) is 18.8 Å². The molecule has 1 atom stereocenters. The standard InChI is InChI=1S/C22H27ClN4O2/c1-15(24-18-8-11-21(20(23)14-18)25-16(2)28)22(29)26-17-6-9-19(10-7-17)27-12-4-3-5-13-27/h6-11,14-15,24H,3-5,12-13H2,1-2H3,(H,25,28)(H,26,29). The van der Waals surface area contributed by atoms with Crippen molar-refractivity contribution in [2.45, 2.75) is 39.2 Å². The van der Waals surface area contributed by atoms with Crippen LogP contribution in [0.2, 0.25) is 5.02 Å². The lowest BCUT2D eigenvalue weighted by Crippen LogP contribution is -2.32. The second-order valence-corrected chi connectivity index (χ2v) is 7.73. The fourth-order valence-corrected chi connectivity index (χ4v) is 3.60. The lowest BCUT2D eigenvalue weighted by molar-refractivity contribution is -0.116. The summed E-state index contributed by atoms with van der Waals surface area (Å²) >= 11 is 6.19. The maximum Gasteiger partial charge on any atom is 0.246 e. The third-order valence-corrected chi connectivity index (χ3v) is 5.23. The zero-order chi connectivity index (χ0) is 20.8. The highest BCUT2D eigenvalue weighted by Gasteiger charge is 2.15. The van der Waals surface area contributed by atoms with Crippen LogP contribution in [0.15, 0.2) is 42.5 Å². The van der Waals surface area contributed by atoms with E-state index in [2.05, 4.69) is 33.0 Å². The normalized spacial score (nSPS) is 14.8. The van der Waals surface area contributed by atoms with Gasteiger partial charge in [-0.15, -0.1) is 0 Å². The van der Waals surface area contributed by atoms with Gasteiger partial charge in [0.2, 0.25) is 11.8 Å². The first-order valence-electron chi connectivity index (χ1n) is 9.92. The van der Waals surface area contributed by atoms with E-state index in [1.807, 2.05) is 12.1 Å². The minimum Gasteiger partial charge on any atom is -0.374 e. The Morgan fingerprint density at radius 3 is 2.24 bits per heavy atom. The summed E-state index contributed by atoms with van der Waals surface area (Å²) in [4.78, 5) is 26.1. The Kier molecular flexibility index (Phi) is 6.99. The van der Waals surface area contributed by atoms with E-state index in [-0.39, 0.29) is 11.8 Å². The molecule has 2 aromatic carbocycles. The van der Waals surface area contributed by atoms with Gasteiger partial charge in [0.15, 0.2) is 0 Å². The first-order chi connectivity index (χ1) is 13.9. The molecular weight excluding hydrogens is 388 g/mol. The van der Waals surface area contributed by atoms with Crippen LogP contribution in [0.1, 0.15) is 33.1 Å². The van der Waals surface area contributed by atoms with Crippen LogP contribution in [0.5, 0.6) is 0 Å². The van der Waals surface area contributed by atoms with E-state index < -0.39 is 6.04 Å². The minimum absolute atomic E-state index is 0.141. The Balaban J connectivity index is 1.56. The summed E-state index contributed by atoms with van der Waals surface area (Å²) in [6.45, 7) is 5.40. The number of piperidine rings is 1. The smallest absolute Gasteiger partial charge is 0.246 e. The second-order valence-electron chi connectivity index (χ2n) is 7.33. The van der Waals surface area contributed by atoms with Gasteiger partial charge in [0.05, 0.1) is 10.7 Å². The van der Waals surface area contributed by atoms with Crippen LogP contribution in [0.3, 0.4) is 0 Å². The van der Waals surface area contributed by atoms with E-state index in [4.69, 9.17) is 11.6 Å². The second kappa shape index (κ2) is 9.65. The molecule has 0 aromatic heterocycles. The summed E-state index contributed by atoms with van der Waals surface area (Å²) < 4.78 is 0. The van der Waals surface area contributed by atoms with Crippen LogP contribution in [0.4, 0.5) is 22.7 Å².